The van der Waals surface area contributed by atoms with Gasteiger partial charge in [0.2, 0.25) is 5.91 Å². The number of carbonyl (C=O) groups is 1. The van der Waals surface area contributed by atoms with E-state index in [-0.39, 0.29) is 30.1 Å². The summed E-state index contributed by atoms with van der Waals surface area (Å²) in [7, 11) is 1.92. The van der Waals surface area contributed by atoms with Gasteiger partial charge < -0.3 is 14.3 Å². The van der Waals surface area contributed by atoms with Gasteiger partial charge in [-0.2, -0.15) is 0 Å². The van der Waals surface area contributed by atoms with Crippen molar-refractivity contribution in [1.29, 1.82) is 0 Å². The van der Waals surface area contributed by atoms with E-state index >= 15 is 0 Å². The molecule has 9 nitrogen and oxygen atoms in total. The molecule has 4 aromatic rings. The first-order valence-corrected chi connectivity index (χ1v) is 9.06. The van der Waals surface area contributed by atoms with E-state index in [0.29, 0.717) is 11.9 Å². The van der Waals surface area contributed by atoms with Crippen LogP contribution in [-0.2, 0) is 18.4 Å². The van der Waals surface area contributed by atoms with Gasteiger partial charge >= 0.3 is 5.76 Å². The number of aromatic nitrogens is 2. The van der Waals surface area contributed by atoms with Crippen molar-refractivity contribution in [3.8, 4) is 0 Å². The highest BCUT2D eigenvalue weighted by Crippen LogP contribution is 2.24. The topological polar surface area (TPSA) is 112 Å². The average molecular weight is 394 g/mol. The molecule has 2 heterocycles. The number of nitrogens with one attached hydrogen (secondary N) is 1. The largest absolute Gasteiger partial charge is 0.419 e. The summed E-state index contributed by atoms with van der Waals surface area (Å²) in [6, 6.07) is 11.7. The highest BCUT2D eigenvalue weighted by Gasteiger charge is 2.14. The van der Waals surface area contributed by atoms with Gasteiger partial charge in [0.1, 0.15) is 0 Å². The Labute approximate surface area is 164 Å². The molecule has 0 atom stereocenters. The molecule has 0 saturated carbocycles. The molecule has 0 fully saturated rings. The molecule has 0 unspecified atom stereocenters. The second kappa shape index (κ2) is 7.27. The van der Waals surface area contributed by atoms with Crippen LogP contribution in [0.2, 0.25) is 0 Å². The summed E-state index contributed by atoms with van der Waals surface area (Å²) in [6.07, 6.45) is 2.56. The van der Waals surface area contributed by atoms with Gasteiger partial charge in [0.15, 0.2) is 5.58 Å². The van der Waals surface area contributed by atoms with Crippen LogP contribution < -0.4 is 11.1 Å². The number of hydrogen-bond acceptors (Lipinski definition) is 5. The highest BCUT2D eigenvalue weighted by molar-refractivity contribution is 6.00. The Morgan fingerprint density at radius 1 is 1.24 bits per heavy atom. The van der Waals surface area contributed by atoms with Crippen LogP contribution in [0.1, 0.15) is 12.8 Å². The van der Waals surface area contributed by atoms with E-state index in [4.69, 9.17) is 4.42 Å². The van der Waals surface area contributed by atoms with Crippen LogP contribution in [0.25, 0.3) is 22.0 Å². The number of oxazole rings is 1. The Bertz CT molecular complexity index is 1300. The van der Waals surface area contributed by atoms with Crippen molar-refractivity contribution in [3.63, 3.8) is 0 Å². The molecule has 0 bridgehead atoms. The lowest BCUT2D eigenvalue weighted by molar-refractivity contribution is -0.384. The minimum Gasteiger partial charge on any atom is -0.407 e. The third kappa shape index (κ3) is 3.49. The first-order valence-electron chi connectivity index (χ1n) is 9.06. The number of carbonyl (C=O) groups excluding carboxylic acids is 1. The van der Waals surface area contributed by atoms with Crippen LogP contribution in [0.5, 0.6) is 0 Å². The van der Waals surface area contributed by atoms with E-state index in [9.17, 15) is 19.7 Å². The van der Waals surface area contributed by atoms with Gasteiger partial charge in [-0.05, 0) is 24.6 Å². The molecular formula is C20H18N4O5. The summed E-state index contributed by atoms with van der Waals surface area (Å²) in [4.78, 5) is 34.7. The first-order chi connectivity index (χ1) is 13.9. The van der Waals surface area contributed by atoms with E-state index in [1.165, 1.54) is 22.8 Å². The molecule has 2 aromatic heterocycles. The maximum atomic E-state index is 12.4. The van der Waals surface area contributed by atoms with Gasteiger partial charge in [0, 0.05) is 37.7 Å². The monoisotopic (exact) mass is 394 g/mol. The number of non-ortho nitro benzene ring substituents is 1. The summed E-state index contributed by atoms with van der Waals surface area (Å²) in [5, 5.41) is 14.8. The number of benzene rings is 2. The van der Waals surface area contributed by atoms with Crippen molar-refractivity contribution in [3.05, 3.63) is 69.3 Å². The number of para-hydroxylation sites is 1. The second-order valence-electron chi connectivity index (χ2n) is 6.75. The minimum absolute atomic E-state index is 0.146. The zero-order valence-electron chi connectivity index (χ0n) is 15.6. The van der Waals surface area contributed by atoms with Crippen molar-refractivity contribution in [2.45, 2.75) is 19.4 Å². The third-order valence-corrected chi connectivity index (χ3v) is 4.82. The van der Waals surface area contributed by atoms with Gasteiger partial charge in [-0.1, -0.05) is 12.1 Å². The Balaban J connectivity index is 1.44. The van der Waals surface area contributed by atoms with Crippen molar-refractivity contribution >= 4 is 39.3 Å². The lowest BCUT2D eigenvalue weighted by Gasteiger charge is -2.09. The molecule has 0 aliphatic carbocycles. The molecule has 1 N–H and O–H groups in total. The van der Waals surface area contributed by atoms with Crippen LogP contribution in [0.15, 0.2) is 57.9 Å². The zero-order chi connectivity index (χ0) is 20.5. The molecule has 2 aromatic carbocycles. The summed E-state index contributed by atoms with van der Waals surface area (Å²) in [5.74, 6) is -0.760. The van der Waals surface area contributed by atoms with Crippen LogP contribution in [-0.4, -0.2) is 20.0 Å². The predicted octanol–water partition coefficient (Wildman–Crippen LogP) is 3.41. The molecule has 1 amide bonds. The van der Waals surface area contributed by atoms with Crippen LogP contribution >= 0.6 is 0 Å². The fraction of sp³-hybridized carbons (Fsp3) is 0.200. The maximum absolute atomic E-state index is 12.4. The molecule has 0 spiro atoms. The fourth-order valence-electron chi connectivity index (χ4n) is 3.45. The average Bonchev–Trinajstić information content (AvgIpc) is 3.22. The Morgan fingerprint density at radius 3 is 2.86 bits per heavy atom. The van der Waals surface area contributed by atoms with Crippen molar-refractivity contribution in [1.82, 2.24) is 9.13 Å². The minimum atomic E-state index is -0.602. The normalized spacial score (nSPS) is 11.2. The number of nitrogens with zero attached hydrogens (tertiary/aromatic N) is 3. The van der Waals surface area contributed by atoms with Crippen LogP contribution in [0.4, 0.5) is 11.4 Å². The molecule has 0 aliphatic heterocycles. The number of fused-ring (bicyclic) bond motifs is 2. The third-order valence-electron chi connectivity index (χ3n) is 4.82. The summed E-state index contributed by atoms with van der Waals surface area (Å²) >= 11 is 0. The number of nitro benzene ring substituents is 1. The predicted molar refractivity (Wildman–Crippen MR) is 108 cm³/mol. The van der Waals surface area contributed by atoms with Crippen molar-refractivity contribution < 1.29 is 14.1 Å². The molecular weight excluding hydrogens is 376 g/mol. The smallest absolute Gasteiger partial charge is 0.407 e. The first kappa shape index (κ1) is 18.5. The van der Waals surface area contributed by atoms with Crippen LogP contribution in [0.3, 0.4) is 0 Å². The number of hydrogen-bond donors (Lipinski definition) is 1. The van der Waals surface area contributed by atoms with Crippen molar-refractivity contribution in [2.75, 3.05) is 5.32 Å². The van der Waals surface area contributed by atoms with Gasteiger partial charge in [-0.25, -0.2) is 4.79 Å². The maximum Gasteiger partial charge on any atom is 0.419 e. The number of amides is 1. The van der Waals surface area contributed by atoms with Crippen molar-refractivity contribution in [2.24, 2.45) is 7.05 Å². The summed E-state index contributed by atoms with van der Waals surface area (Å²) in [5.41, 5.74) is 2.16. The Kier molecular flexibility index (Phi) is 4.63. The molecule has 0 radical (unpaired) electrons. The van der Waals surface area contributed by atoms with E-state index < -0.39 is 10.7 Å². The molecule has 4 rings (SSSR count). The van der Waals surface area contributed by atoms with E-state index in [1.807, 2.05) is 42.1 Å². The number of aryl methyl sites for hydroxylation is 2. The lowest BCUT2D eigenvalue weighted by Crippen LogP contribution is -2.17. The standard InChI is InChI=1S/C20H18N4O5/c1-22-11-9-13-4-2-5-15(19(13)22)21-18(25)6-3-10-23-16-8-7-14(24(27)28)12-17(16)29-20(23)26/h2,4-5,7-9,11-12H,3,6,10H2,1H3,(H,21,25). The molecule has 148 valence electrons. The quantitative estimate of drug-likeness (QED) is 0.398. The highest BCUT2D eigenvalue weighted by atomic mass is 16.6. The van der Waals surface area contributed by atoms with E-state index in [0.717, 1.165) is 16.6 Å². The summed E-state index contributed by atoms with van der Waals surface area (Å²) in [6.45, 7) is 0.269. The van der Waals surface area contributed by atoms with E-state index in [1.54, 1.807) is 0 Å². The molecule has 9 heteroatoms. The van der Waals surface area contributed by atoms with Gasteiger partial charge in [-0.3, -0.25) is 19.5 Å². The number of nitro groups is 1. The zero-order valence-corrected chi connectivity index (χ0v) is 15.6. The molecule has 29 heavy (non-hydrogen) atoms. The number of anilines is 1. The van der Waals surface area contributed by atoms with Crippen LogP contribution in [0, 0.1) is 10.1 Å². The van der Waals surface area contributed by atoms with E-state index in [2.05, 4.69) is 5.32 Å². The SMILES string of the molecule is Cn1ccc2cccc(NC(=O)CCCn3c(=O)oc4cc([N+](=O)[O-])ccc43)c21. The second-order valence-corrected chi connectivity index (χ2v) is 6.75. The van der Waals surface area contributed by atoms with Gasteiger partial charge in [0.05, 0.1) is 27.7 Å². The Hall–Kier alpha value is -3.88. The summed E-state index contributed by atoms with van der Waals surface area (Å²) < 4.78 is 8.42. The number of rotatable bonds is 6. The fourth-order valence-corrected chi connectivity index (χ4v) is 3.45. The van der Waals surface area contributed by atoms with Gasteiger partial charge in [-0.15, -0.1) is 0 Å². The molecule has 0 saturated heterocycles. The Morgan fingerprint density at radius 2 is 2.07 bits per heavy atom. The lowest BCUT2D eigenvalue weighted by atomic mass is 10.2. The molecule has 0 aliphatic rings. The van der Waals surface area contributed by atoms with Gasteiger partial charge in [0.25, 0.3) is 5.69 Å².